The maximum Gasteiger partial charge on any atom is 0.254 e. The first-order valence-corrected chi connectivity index (χ1v) is 10.1. The number of anilines is 2. The molecular formula is C22H18Cl2N4O3. The average Bonchev–Trinajstić information content (AvgIpc) is 3.05. The van der Waals surface area contributed by atoms with Crippen molar-refractivity contribution in [3.05, 3.63) is 69.8 Å². The fourth-order valence-electron chi connectivity index (χ4n) is 3.53. The van der Waals surface area contributed by atoms with Crippen molar-refractivity contribution in [2.75, 3.05) is 24.7 Å². The second-order valence-corrected chi connectivity index (χ2v) is 7.75. The van der Waals surface area contributed by atoms with Crippen LogP contribution in [0, 0.1) is 0 Å². The molecule has 9 heteroatoms. The van der Waals surface area contributed by atoms with Gasteiger partial charge in [-0.05, 0) is 47.5 Å². The zero-order chi connectivity index (χ0) is 22.1. The van der Waals surface area contributed by atoms with Crippen molar-refractivity contribution >= 4 is 46.5 Å². The summed E-state index contributed by atoms with van der Waals surface area (Å²) in [6, 6.07) is 13.9. The Bertz CT molecular complexity index is 1200. The number of rotatable bonds is 5. The van der Waals surface area contributed by atoms with Gasteiger partial charge < -0.3 is 20.7 Å². The largest absolute Gasteiger partial charge is 0.497 e. The van der Waals surface area contributed by atoms with Crippen molar-refractivity contribution in [2.45, 2.75) is 6.54 Å². The Kier molecular flexibility index (Phi) is 5.71. The van der Waals surface area contributed by atoms with Crippen LogP contribution < -0.4 is 15.8 Å². The Morgan fingerprint density at radius 2 is 1.94 bits per heavy atom. The highest BCUT2D eigenvalue weighted by atomic mass is 35.5. The van der Waals surface area contributed by atoms with Crippen molar-refractivity contribution in [1.82, 2.24) is 9.88 Å². The molecule has 7 nitrogen and oxygen atoms in total. The normalized spacial score (nSPS) is 12.6. The standard InChI is InChI=1S/C22H18Cl2N4O3/c1-31-12-5-6-14(17(23)9-12)13-3-2-4-15-16(13)10-28(22(15)30)11-20(29)26-18-7-8-19(24)27-21(18)25/h2-9H,10-11H2,1H3,(H2,25,27)(H,26,29). The Hall–Kier alpha value is -3.29. The Morgan fingerprint density at radius 3 is 2.65 bits per heavy atom. The number of nitrogens with one attached hydrogen (secondary N) is 1. The summed E-state index contributed by atoms with van der Waals surface area (Å²) < 4.78 is 5.21. The van der Waals surface area contributed by atoms with Crippen molar-refractivity contribution < 1.29 is 14.3 Å². The highest BCUT2D eigenvalue weighted by Crippen LogP contribution is 2.37. The van der Waals surface area contributed by atoms with Gasteiger partial charge in [-0.1, -0.05) is 35.3 Å². The van der Waals surface area contributed by atoms with E-state index in [0.717, 1.165) is 16.7 Å². The van der Waals surface area contributed by atoms with Gasteiger partial charge in [0.15, 0.2) is 0 Å². The zero-order valence-electron chi connectivity index (χ0n) is 16.5. The Labute approximate surface area is 188 Å². The third kappa shape index (κ3) is 4.15. The summed E-state index contributed by atoms with van der Waals surface area (Å²) >= 11 is 12.2. The fourth-order valence-corrected chi connectivity index (χ4v) is 3.96. The smallest absolute Gasteiger partial charge is 0.254 e. The molecule has 0 aliphatic carbocycles. The third-order valence-corrected chi connectivity index (χ3v) is 5.53. The molecule has 158 valence electrons. The number of halogens is 2. The Morgan fingerprint density at radius 1 is 1.16 bits per heavy atom. The molecule has 2 aromatic carbocycles. The first-order valence-electron chi connectivity index (χ1n) is 9.34. The minimum absolute atomic E-state index is 0.105. The first kappa shape index (κ1) is 21.0. The summed E-state index contributed by atoms with van der Waals surface area (Å²) in [6.07, 6.45) is 0. The van der Waals surface area contributed by atoms with Crippen LogP contribution in [0.15, 0.2) is 48.5 Å². The molecule has 0 fully saturated rings. The van der Waals surface area contributed by atoms with Gasteiger partial charge in [-0.2, -0.15) is 0 Å². The van der Waals surface area contributed by atoms with Crippen molar-refractivity contribution in [2.24, 2.45) is 0 Å². The quantitative estimate of drug-likeness (QED) is 0.559. The van der Waals surface area contributed by atoms with Crippen molar-refractivity contribution in [3.8, 4) is 16.9 Å². The van der Waals surface area contributed by atoms with E-state index in [1.807, 2.05) is 18.2 Å². The highest BCUT2D eigenvalue weighted by Gasteiger charge is 2.31. The number of hydrogen-bond donors (Lipinski definition) is 2. The number of nitrogen functional groups attached to an aromatic ring is 1. The van der Waals surface area contributed by atoms with E-state index in [2.05, 4.69) is 10.3 Å². The SMILES string of the molecule is COc1ccc(-c2cccc3c2CN(CC(=O)Nc2ccc(Cl)nc2N)C3=O)c(Cl)c1. The van der Waals surface area contributed by atoms with Gasteiger partial charge in [-0.15, -0.1) is 0 Å². The zero-order valence-corrected chi connectivity index (χ0v) is 18.0. The summed E-state index contributed by atoms with van der Waals surface area (Å²) in [5.74, 6) is 0.139. The molecule has 2 heterocycles. The number of ether oxygens (including phenoxy) is 1. The van der Waals surface area contributed by atoms with Gasteiger partial charge in [-0.3, -0.25) is 9.59 Å². The van der Waals surface area contributed by atoms with Gasteiger partial charge in [0, 0.05) is 17.7 Å². The van der Waals surface area contributed by atoms with Crippen molar-refractivity contribution in [3.63, 3.8) is 0 Å². The number of amides is 2. The molecular weight excluding hydrogens is 439 g/mol. The lowest BCUT2D eigenvalue weighted by molar-refractivity contribution is -0.116. The van der Waals surface area contributed by atoms with Gasteiger partial charge in [-0.25, -0.2) is 4.98 Å². The molecule has 3 N–H and O–H groups in total. The molecule has 0 unspecified atom stereocenters. The van der Waals surface area contributed by atoms with E-state index in [-0.39, 0.29) is 35.9 Å². The van der Waals surface area contributed by atoms with Crippen LogP contribution in [0.4, 0.5) is 11.5 Å². The summed E-state index contributed by atoms with van der Waals surface area (Å²) in [4.78, 5) is 30.8. The Balaban J connectivity index is 1.55. The number of fused-ring (bicyclic) bond motifs is 1. The lowest BCUT2D eigenvalue weighted by Crippen LogP contribution is -2.33. The van der Waals surface area contributed by atoms with Crippen LogP contribution in [0.25, 0.3) is 11.1 Å². The van der Waals surface area contributed by atoms with Gasteiger partial charge >= 0.3 is 0 Å². The topological polar surface area (TPSA) is 97.6 Å². The van der Waals surface area contributed by atoms with E-state index in [1.165, 1.54) is 11.0 Å². The predicted octanol–water partition coefficient (Wildman–Crippen LogP) is 4.24. The molecule has 0 saturated heterocycles. The monoisotopic (exact) mass is 456 g/mol. The molecule has 1 aliphatic heterocycles. The minimum atomic E-state index is -0.388. The van der Waals surface area contributed by atoms with Gasteiger partial charge in [0.05, 0.1) is 17.8 Å². The average molecular weight is 457 g/mol. The molecule has 0 bridgehead atoms. The van der Waals surface area contributed by atoms with Crippen LogP contribution in [0.3, 0.4) is 0 Å². The first-order chi connectivity index (χ1) is 14.9. The van der Waals surface area contributed by atoms with E-state index in [0.29, 0.717) is 22.0 Å². The summed E-state index contributed by atoms with van der Waals surface area (Å²) in [5, 5.41) is 3.41. The van der Waals surface area contributed by atoms with Crippen molar-refractivity contribution in [1.29, 1.82) is 0 Å². The molecule has 3 aromatic rings. The summed E-state index contributed by atoms with van der Waals surface area (Å²) in [7, 11) is 1.57. The molecule has 0 saturated carbocycles. The maximum absolute atomic E-state index is 12.9. The number of carbonyl (C=O) groups excluding carboxylic acids is 2. The second-order valence-electron chi connectivity index (χ2n) is 6.95. The number of benzene rings is 2. The molecule has 2 amide bonds. The van der Waals surface area contributed by atoms with Crippen LogP contribution in [0.1, 0.15) is 15.9 Å². The van der Waals surface area contributed by atoms with Gasteiger partial charge in [0.1, 0.15) is 23.3 Å². The van der Waals surface area contributed by atoms with E-state index in [1.54, 1.807) is 31.4 Å². The van der Waals surface area contributed by atoms with Crippen LogP contribution in [0.2, 0.25) is 10.2 Å². The molecule has 4 rings (SSSR count). The number of carbonyl (C=O) groups is 2. The summed E-state index contributed by atoms with van der Waals surface area (Å²) in [5.41, 5.74) is 9.11. The van der Waals surface area contributed by atoms with Crippen LogP contribution in [0.5, 0.6) is 5.75 Å². The summed E-state index contributed by atoms with van der Waals surface area (Å²) in [6.45, 7) is 0.153. The number of hydrogen-bond acceptors (Lipinski definition) is 5. The number of aromatic nitrogens is 1. The molecule has 0 atom stereocenters. The van der Waals surface area contributed by atoms with E-state index < -0.39 is 0 Å². The number of methoxy groups -OCH3 is 1. The molecule has 1 aliphatic rings. The molecule has 31 heavy (non-hydrogen) atoms. The maximum atomic E-state index is 12.9. The molecule has 0 spiro atoms. The lowest BCUT2D eigenvalue weighted by Gasteiger charge is -2.16. The van der Waals surface area contributed by atoms with Crippen LogP contribution >= 0.6 is 23.2 Å². The van der Waals surface area contributed by atoms with Crippen LogP contribution in [-0.2, 0) is 11.3 Å². The van der Waals surface area contributed by atoms with Gasteiger partial charge in [0.2, 0.25) is 5.91 Å². The highest BCUT2D eigenvalue weighted by molar-refractivity contribution is 6.33. The lowest BCUT2D eigenvalue weighted by atomic mass is 9.97. The predicted molar refractivity (Wildman–Crippen MR) is 120 cm³/mol. The van der Waals surface area contributed by atoms with E-state index >= 15 is 0 Å². The van der Waals surface area contributed by atoms with Gasteiger partial charge in [0.25, 0.3) is 5.91 Å². The number of nitrogens with zero attached hydrogens (tertiary/aromatic N) is 2. The number of pyridine rings is 1. The van der Waals surface area contributed by atoms with Crippen LogP contribution in [-0.4, -0.2) is 35.4 Å². The second kappa shape index (κ2) is 8.45. The van der Waals surface area contributed by atoms with E-state index in [9.17, 15) is 9.59 Å². The third-order valence-electron chi connectivity index (χ3n) is 5.01. The number of nitrogens with two attached hydrogens (primary N) is 1. The fraction of sp³-hybridized carbons (Fsp3) is 0.136. The molecule has 0 radical (unpaired) electrons. The molecule has 1 aromatic heterocycles. The van der Waals surface area contributed by atoms with E-state index in [4.69, 9.17) is 33.7 Å². The minimum Gasteiger partial charge on any atom is -0.497 e.